The summed E-state index contributed by atoms with van der Waals surface area (Å²) in [5, 5.41) is 0. The van der Waals surface area contributed by atoms with Crippen LogP contribution in [0.25, 0.3) is 0 Å². The molecular weight excluding hydrogens is 169 g/mol. The Bertz CT molecular complexity index is 183. The van der Waals surface area contributed by atoms with Gasteiger partial charge in [0, 0.05) is 17.8 Å². The Hall–Kier alpha value is -0.270. The molecule has 0 saturated heterocycles. The number of aryl methyl sites for hydroxylation is 1. The average molecular weight is 178 g/mol. The molecule has 1 aromatic heterocycles. The fraction of sp³-hybridized carbons (Fsp3) is 0.286. The van der Waals surface area contributed by atoms with E-state index in [1.54, 1.807) is 6.20 Å². The summed E-state index contributed by atoms with van der Waals surface area (Å²) in [6.07, 6.45) is 1.79. The van der Waals surface area contributed by atoms with Crippen LogP contribution >= 0.6 is 24.0 Å². The first-order valence-corrected chi connectivity index (χ1v) is 3.34. The second-order valence-electron chi connectivity index (χ2n) is 1.94. The summed E-state index contributed by atoms with van der Waals surface area (Å²) in [6.45, 7) is 1.96. The zero-order valence-electron chi connectivity index (χ0n) is 5.67. The Kier molecular flexibility index (Phi) is 4.41. The first-order chi connectivity index (χ1) is 4.33. The van der Waals surface area contributed by atoms with Gasteiger partial charge in [0.15, 0.2) is 0 Å². The van der Waals surface area contributed by atoms with Crippen LogP contribution in [0.1, 0.15) is 11.3 Å². The Labute approximate surface area is 71.8 Å². The maximum absolute atomic E-state index is 5.54. The first-order valence-electron chi connectivity index (χ1n) is 2.80. The summed E-state index contributed by atoms with van der Waals surface area (Å²) < 4.78 is 0. The van der Waals surface area contributed by atoms with Gasteiger partial charge in [0.1, 0.15) is 0 Å². The zero-order valence-corrected chi connectivity index (χ0v) is 7.25. The van der Waals surface area contributed by atoms with Crippen LogP contribution in [0.3, 0.4) is 0 Å². The quantitative estimate of drug-likeness (QED) is 0.602. The van der Waals surface area contributed by atoms with E-state index in [0.29, 0.717) is 5.88 Å². The number of alkyl halides is 1. The summed E-state index contributed by atoms with van der Waals surface area (Å²) >= 11 is 5.54. The van der Waals surface area contributed by atoms with E-state index in [9.17, 15) is 0 Å². The second kappa shape index (κ2) is 4.53. The molecule has 0 aromatic carbocycles. The molecular formula is C7H9Cl2N. The van der Waals surface area contributed by atoms with Gasteiger partial charge >= 0.3 is 0 Å². The van der Waals surface area contributed by atoms with Crippen LogP contribution in [0.5, 0.6) is 0 Å². The van der Waals surface area contributed by atoms with Crippen molar-refractivity contribution in [3.05, 3.63) is 29.6 Å². The molecule has 3 heteroatoms. The van der Waals surface area contributed by atoms with Crippen LogP contribution in [0, 0.1) is 6.92 Å². The van der Waals surface area contributed by atoms with Crippen molar-refractivity contribution in [3.63, 3.8) is 0 Å². The average Bonchev–Trinajstić information content (AvgIpc) is 1.90. The third-order valence-corrected chi connectivity index (χ3v) is 1.44. The normalized spacial score (nSPS) is 8.60. The highest BCUT2D eigenvalue weighted by Gasteiger charge is 1.87. The minimum Gasteiger partial charge on any atom is -0.261 e. The van der Waals surface area contributed by atoms with Crippen molar-refractivity contribution in [1.29, 1.82) is 0 Å². The third kappa shape index (κ3) is 2.54. The van der Waals surface area contributed by atoms with Gasteiger partial charge in [0.2, 0.25) is 0 Å². The largest absolute Gasteiger partial charge is 0.261 e. The molecule has 0 bridgehead atoms. The van der Waals surface area contributed by atoms with Crippen molar-refractivity contribution < 1.29 is 0 Å². The van der Waals surface area contributed by atoms with Gasteiger partial charge in [-0.25, -0.2) is 0 Å². The SMILES string of the molecule is Cc1ccc(CCl)cn1.Cl. The number of halogens is 2. The van der Waals surface area contributed by atoms with Gasteiger partial charge < -0.3 is 0 Å². The van der Waals surface area contributed by atoms with Crippen LogP contribution in [-0.4, -0.2) is 4.98 Å². The Balaban J connectivity index is 0.000000810. The summed E-state index contributed by atoms with van der Waals surface area (Å²) in [4.78, 5) is 4.07. The van der Waals surface area contributed by atoms with Gasteiger partial charge in [-0.3, -0.25) is 4.98 Å². The molecule has 0 saturated carbocycles. The molecule has 1 rings (SSSR count). The lowest BCUT2D eigenvalue weighted by molar-refractivity contribution is 1.16. The van der Waals surface area contributed by atoms with Gasteiger partial charge in [-0.15, -0.1) is 24.0 Å². The van der Waals surface area contributed by atoms with E-state index in [4.69, 9.17) is 11.6 Å². The van der Waals surface area contributed by atoms with Crippen LogP contribution < -0.4 is 0 Å². The lowest BCUT2D eigenvalue weighted by atomic mass is 10.3. The van der Waals surface area contributed by atoms with Gasteiger partial charge in [-0.2, -0.15) is 0 Å². The number of hydrogen-bond acceptors (Lipinski definition) is 1. The molecule has 56 valence electrons. The lowest BCUT2D eigenvalue weighted by Gasteiger charge is -1.92. The number of rotatable bonds is 1. The molecule has 0 N–H and O–H groups in total. The number of nitrogens with zero attached hydrogens (tertiary/aromatic N) is 1. The van der Waals surface area contributed by atoms with E-state index < -0.39 is 0 Å². The molecule has 0 aliphatic heterocycles. The molecule has 0 aliphatic rings. The predicted octanol–water partition coefficient (Wildman–Crippen LogP) is 2.55. The maximum atomic E-state index is 5.54. The van der Waals surface area contributed by atoms with Gasteiger partial charge in [0.05, 0.1) is 0 Å². The predicted molar refractivity (Wildman–Crippen MR) is 45.8 cm³/mol. The highest BCUT2D eigenvalue weighted by molar-refractivity contribution is 6.17. The maximum Gasteiger partial charge on any atom is 0.0489 e. The molecule has 0 spiro atoms. The molecule has 0 unspecified atom stereocenters. The summed E-state index contributed by atoms with van der Waals surface area (Å²) in [5.74, 6) is 0.549. The Morgan fingerprint density at radius 1 is 1.50 bits per heavy atom. The van der Waals surface area contributed by atoms with E-state index in [0.717, 1.165) is 11.3 Å². The molecule has 10 heavy (non-hydrogen) atoms. The number of pyridine rings is 1. The van der Waals surface area contributed by atoms with Crippen LogP contribution in [0.2, 0.25) is 0 Å². The van der Waals surface area contributed by atoms with E-state index in [1.165, 1.54) is 0 Å². The van der Waals surface area contributed by atoms with Gasteiger partial charge in [-0.1, -0.05) is 6.07 Å². The van der Waals surface area contributed by atoms with Crippen molar-refractivity contribution in [3.8, 4) is 0 Å². The fourth-order valence-electron chi connectivity index (χ4n) is 0.577. The minimum atomic E-state index is 0. The molecule has 0 amide bonds. The smallest absolute Gasteiger partial charge is 0.0489 e. The standard InChI is InChI=1S/C7H8ClN.ClH/c1-6-2-3-7(4-8)5-9-6;/h2-3,5H,4H2,1H3;1H. The Morgan fingerprint density at radius 2 is 2.20 bits per heavy atom. The Morgan fingerprint density at radius 3 is 2.60 bits per heavy atom. The monoisotopic (exact) mass is 177 g/mol. The van der Waals surface area contributed by atoms with Crippen LogP contribution in [0.15, 0.2) is 18.3 Å². The van der Waals surface area contributed by atoms with Crippen LogP contribution in [-0.2, 0) is 5.88 Å². The minimum absolute atomic E-state index is 0. The first kappa shape index (κ1) is 9.73. The summed E-state index contributed by atoms with van der Waals surface area (Å²) in [5.41, 5.74) is 2.10. The lowest BCUT2D eigenvalue weighted by Crippen LogP contribution is -1.81. The fourth-order valence-corrected chi connectivity index (χ4v) is 0.736. The molecule has 1 heterocycles. The zero-order chi connectivity index (χ0) is 6.69. The number of hydrogen-bond donors (Lipinski definition) is 0. The van der Waals surface area contributed by atoms with Crippen molar-refractivity contribution in [2.45, 2.75) is 12.8 Å². The van der Waals surface area contributed by atoms with E-state index in [1.807, 2.05) is 19.1 Å². The highest BCUT2D eigenvalue weighted by Crippen LogP contribution is 2.01. The number of aromatic nitrogens is 1. The van der Waals surface area contributed by atoms with Gasteiger partial charge in [0.25, 0.3) is 0 Å². The third-order valence-electron chi connectivity index (χ3n) is 1.13. The molecule has 0 fully saturated rings. The second-order valence-corrected chi connectivity index (χ2v) is 2.21. The van der Waals surface area contributed by atoms with Gasteiger partial charge in [-0.05, 0) is 18.6 Å². The molecule has 1 aromatic rings. The van der Waals surface area contributed by atoms with E-state index in [-0.39, 0.29) is 12.4 Å². The summed E-state index contributed by atoms with van der Waals surface area (Å²) in [7, 11) is 0. The topological polar surface area (TPSA) is 12.9 Å². The molecule has 1 nitrogen and oxygen atoms in total. The molecule has 0 aliphatic carbocycles. The highest BCUT2D eigenvalue weighted by atomic mass is 35.5. The van der Waals surface area contributed by atoms with Crippen molar-refractivity contribution in [2.24, 2.45) is 0 Å². The molecule has 0 atom stereocenters. The van der Waals surface area contributed by atoms with E-state index in [2.05, 4.69) is 4.98 Å². The van der Waals surface area contributed by atoms with Crippen LogP contribution in [0.4, 0.5) is 0 Å². The van der Waals surface area contributed by atoms with Crippen molar-refractivity contribution in [2.75, 3.05) is 0 Å². The van der Waals surface area contributed by atoms with Crippen molar-refractivity contribution in [1.82, 2.24) is 4.98 Å². The van der Waals surface area contributed by atoms with E-state index >= 15 is 0 Å². The summed E-state index contributed by atoms with van der Waals surface area (Å²) in [6, 6.07) is 3.94. The molecule has 0 radical (unpaired) electrons. The van der Waals surface area contributed by atoms with Crippen molar-refractivity contribution >= 4 is 24.0 Å².